The van der Waals surface area contributed by atoms with E-state index in [9.17, 15) is 4.79 Å². The molecular weight excluding hydrogens is 296 g/mol. The third-order valence-electron chi connectivity index (χ3n) is 5.11. The van der Waals surface area contributed by atoms with Gasteiger partial charge in [-0.3, -0.25) is 4.79 Å². The number of para-hydroxylation sites is 1. The summed E-state index contributed by atoms with van der Waals surface area (Å²) in [6, 6.07) is 8.63. The number of piperidine rings is 1. The second-order valence-corrected chi connectivity index (χ2v) is 6.73. The number of benzene rings is 1. The molecule has 2 aliphatic rings. The molecule has 1 N–H and O–H groups in total. The van der Waals surface area contributed by atoms with E-state index in [0.717, 1.165) is 25.2 Å². The molecule has 0 saturated carbocycles. The summed E-state index contributed by atoms with van der Waals surface area (Å²) in [7, 11) is 0. The molecule has 0 radical (unpaired) electrons. The molecule has 4 heteroatoms. The van der Waals surface area contributed by atoms with Crippen molar-refractivity contribution < 1.29 is 4.79 Å². The minimum absolute atomic E-state index is 0. The molecule has 1 aromatic carbocycles. The number of amides is 1. The van der Waals surface area contributed by atoms with Crippen LogP contribution in [0.15, 0.2) is 24.3 Å². The Morgan fingerprint density at radius 1 is 1.41 bits per heavy atom. The lowest BCUT2D eigenvalue weighted by Crippen LogP contribution is -2.39. The molecular formula is C18H27ClN2O. The first-order chi connectivity index (χ1) is 10.2. The molecule has 3 rings (SSSR count). The lowest BCUT2D eigenvalue weighted by Gasteiger charge is -2.30. The summed E-state index contributed by atoms with van der Waals surface area (Å²) >= 11 is 0. The van der Waals surface area contributed by atoms with Gasteiger partial charge in [-0.05, 0) is 62.7 Å². The van der Waals surface area contributed by atoms with Crippen LogP contribution in [0.1, 0.15) is 38.7 Å². The van der Waals surface area contributed by atoms with Gasteiger partial charge in [0, 0.05) is 18.2 Å². The second kappa shape index (κ2) is 7.47. The average molecular weight is 323 g/mol. The van der Waals surface area contributed by atoms with Crippen LogP contribution in [0.4, 0.5) is 5.69 Å². The fourth-order valence-electron chi connectivity index (χ4n) is 3.85. The van der Waals surface area contributed by atoms with Gasteiger partial charge >= 0.3 is 0 Å². The largest absolute Gasteiger partial charge is 0.316 e. The Morgan fingerprint density at radius 2 is 2.18 bits per heavy atom. The summed E-state index contributed by atoms with van der Waals surface area (Å²) in [5.74, 6) is 1.41. The van der Waals surface area contributed by atoms with E-state index in [-0.39, 0.29) is 12.4 Å². The Bertz CT molecular complexity index is 514. The van der Waals surface area contributed by atoms with Crippen LogP contribution in [0.5, 0.6) is 0 Å². The number of rotatable bonds is 3. The predicted molar refractivity (Wildman–Crippen MR) is 93.7 cm³/mol. The Morgan fingerprint density at radius 3 is 2.91 bits per heavy atom. The van der Waals surface area contributed by atoms with Crippen LogP contribution in [0, 0.1) is 11.8 Å². The van der Waals surface area contributed by atoms with Crippen LogP contribution in [-0.4, -0.2) is 25.0 Å². The first-order valence-electron chi connectivity index (χ1n) is 8.27. The van der Waals surface area contributed by atoms with E-state index in [2.05, 4.69) is 37.4 Å². The number of halogens is 1. The zero-order chi connectivity index (χ0) is 14.8. The van der Waals surface area contributed by atoms with Crippen LogP contribution >= 0.6 is 12.4 Å². The molecule has 1 aromatic rings. The van der Waals surface area contributed by atoms with Gasteiger partial charge in [0.25, 0.3) is 0 Å². The fraction of sp³-hybridized carbons (Fsp3) is 0.611. The van der Waals surface area contributed by atoms with Crippen molar-refractivity contribution in [1.82, 2.24) is 5.32 Å². The summed E-state index contributed by atoms with van der Waals surface area (Å²) in [5, 5.41) is 3.46. The van der Waals surface area contributed by atoms with Gasteiger partial charge in [0.2, 0.25) is 5.91 Å². The van der Waals surface area contributed by atoms with Crippen LogP contribution in [-0.2, 0) is 11.2 Å². The SMILES string of the molecule is CC(CC(=O)N1c2ccccc2CC1C)C1CCCNC1.Cl. The van der Waals surface area contributed by atoms with Crippen LogP contribution in [0.25, 0.3) is 0 Å². The van der Waals surface area contributed by atoms with Gasteiger partial charge in [0.15, 0.2) is 0 Å². The van der Waals surface area contributed by atoms with Crippen molar-refractivity contribution in [3.8, 4) is 0 Å². The topological polar surface area (TPSA) is 32.3 Å². The minimum Gasteiger partial charge on any atom is -0.316 e. The van der Waals surface area contributed by atoms with E-state index >= 15 is 0 Å². The highest BCUT2D eigenvalue weighted by atomic mass is 35.5. The Kier molecular flexibility index (Phi) is 5.87. The van der Waals surface area contributed by atoms with Crippen molar-refractivity contribution in [3.63, 3.8) is 0 Å². The van der Waals surface area contributed by atoms with Gasteiger partial charge in [-0.1, -0.05) is 25.1 Å². The number of hydrogen-bond donors (Lipinski definition) is 1. The lowest BCUT2D eigenvalue weighted by molar-refractivity contribution is -0.120. The van der Waals surface area contributed by atoms with Crippen molar-refractivity contribution in [3.05, 3.63) is 29.8 Å². The summed E-state index contributed by atoms with van der Waals surface area (Å²) in [5.41, 5.74) is 2.44. The van der Waals surface area contributed by atoms with Crippen LogP contribution < -0.4 is 10.2 Å². The van der Waals surface area contributed by atoms with Crippen molar-refractivity contribution in [2.45, 2.75) is 45.6 Å². The molecule has 1 saturated heterocycles. The molecule has 122 valence electrons. The number of anilines is 1. The van der Waals surface area contributed by atoms with Gasteiger partial charge in [-0.2, -0.15) is 0 Å². The molecule has 3 nitrogen and oxygen atoms in total. The normalized spacial score (nSPS) is 25.3. The highest BCUT2D eigenvalue weighted by molar-refractivity contribution is 5.96. The van der Waals surface area contributed by atoms with Gasteiger partial charge in [0.05, 0.1) is 0 Å². The molecule has 0 aliphatic carbocycles. The number of nitrogens with zero attached hydrogens (tertiary/aromatic N) is 1. The van der Waals surface area contributed by atoms with Crippen molar-refractivity contribution in [2.24, 2.45) is 11.8 Å². The highest BCUT2D eigenvalue weighted by Crippen LogP contribution is 2.33. The van der Waals surface area contributed by atoms with Crippen molar-refractivity contribution in [2.75, 3.05) is 18.0 Å². The monoisotopic (exact) mass is 322 g/mol. The van der Waals surface area contributed by atoms with Gasteiger partial charge in [-0.15, -0.1) is 12.4 Å². The Hall–Kier alpha value is -1.06. The maximum Gasteiger partial charge on any atom is 0.227 e. The predicted octanol–water partition coefficient (Wildman–Crippen LogP) is 3.41. The highest BCUT2D eigenvalue weighted by Gasteiger charge is 2.32. The van der Waals surface area contributed by atoms with E-state index in [1.165, 1.54) is 18.4 Å². The van der Waals surface area contributed by atoms with Gasteiger partial charge in [0.1, 0.15) is 0 Å². The zero-order valence-corrected chi connectivity index (χ0v) is 14.4. The number of fused-ring (bicyclic) bond motifs is 1. The maximum atomic E-state index is 12.8. The maximum absolute atomic E-state index is 12.8. The molecule has 1 amide bonds. The molecule has 0 spiro atoms. The van der Waals surface area contributed by atoms with Gasteiger partial charge in [-0.25, -0.2) is 0 Å². The average Bonchev–Trinajstić information content (AvgIpc) is 2.83. The lowest BCUT2D eigenvalue weighted by atomic mass is 9.85. The van der Waals surface area contributed by atoms with E-state index < -0.39 is 0 Å². The van der Waals surface area contributed by atoms with E-state index in [1.54, 1.807) is 0 Å². The molecule has 0 bridgehead atoms. The number of hydrogen-bond acceptors (Lipinski definition) is 2. The summed E-state index contributed by atoms with van der Waals surface area (Å²) < 4.78 is 0. The zero-order valence-electron chi connectivity index (χ0n) is 13.5. The minimum atomic E-state index is 0. The molecule has 3 atom stereocenters. The molecule has 3 unspecified atom stereocenters. The summed E-state index contributed by atoms with van der Waals surface area (Å²) in [4.78, 5) is 14.8. The fourth-order valence-corrected chi connectivity index (χ4v) is 3.85. The van der Waals surface area contributed by atoms with Crippen LogP contribution in [0.3, 0.4) is 0 Å². The molecule has 1 fully saturated rings. The second-order valence-electron chi connectivity index (χ2n) is 6.73. The quantitative estimate of drug-likeness (QED) is 0.925. The number of carbonyl (C=O) groups is 1. The summed E-state index contributed by atoms with van der Waals surface area (Å²) in [6.07, 6.45) is 4.16. The molecule has 0 aromatic heterocycles. The van der Waals surface area contributed by atoms with Crippen molar-refractivity contribution in [1.29, 1.82) is 0 Å². The Labute approximate surface area is 139 Å². The van der Waals surface area contributed by atoms with E-state index in [0.29, 0.717) is 30.2 Å². The van der Waals surface area contributed by atoms with E-state index in [4.69, 9.17) is 0 Å². The first kappa shape index (κ1) is 17.3. The Balaban J connectivity index is 0.00000176. The number of carbonyl (C=O) groups excluding carboxylic acids is 1. The van der Waals surface area contributed by atoms with Crippen LogP contribution in [0.2, 0.25) is 0 Å². The third kappa shape index (κ3) is 3.47. The standard InChI is InChI=1S/C18H26N2O.ClH/c1-13(16-7-5-9-19-12-16)10-18(21)20-14(2)11-15-6-3-4-8-17(15)20;/h3-4,6,8,13-14,16,19H,5,7,9-12H2,1-2H3;1H. The van der Waals surface area contributed by atoms with E-state index in [1.807, 2.05) is 11.0 Å². The molecule has 2 aliphatic heterocycles. The molecule has 2 heterocycles. The smallest absolute Gasteiger partial charge is 0.227 e. The van der Waals surface area contributed by atoms with Gasteiger partial charge < -0.3 is 10.2 Å². The first-order valence-corrected chi connectivity index (χ1v) is 8.27. The number of nitrogens with one attached hydrogen (secondary N) is 1. The third-order valence-corrected chi connectivity index (χ3v) is 5.11. The van der Waals surface area contributed by atoms with Crippen molar-refractivity contribution >= 4 is 24.0 Å². The molecule has 22 heavy (non-hydrogen) atoms. The summed E-state index contributed by atoms with van der Waals surface area (Å²) in [6.45, 7) is 6.60.